The molecule has 0 aliphatic carbocycles. The van der Waals surface area contributed by atoms with E-state index in [2.05, 4.69) is 44.3 Å². The van der Waals surface area contributed by atoms with Gasteiger partial charge < -0.3 is 5.32 Å². The van der Waals surface area contributed by atoms with Crippen molar-refractivity contribution in [1.82, 2.24) is 4.98 Å². The number of aryl methyl sites for hydroxylation is 1. The van der Waals surface area contributed by atoms with E-state index in [1.165, 1.54) is 35.9 Å². The number of benzene rings is 1. The molecule has 0 radical (unpaired) electrons. The summed E-state index contributed by atoms with van der Waals surface area (Å²) in [6, 6.07) is 6.39. The van der Waals surface area contributed by atoms with Gasteiger partial charge in [-0.15, -0.1) is 0 Å². The highest BCUT2D eigenvalue weighted by Gasteiger charge is 2.09. The number of thiazole rings is 1. The SMILES string of the molecule is CCCCC(CC)CNc1nc2c(C)cccc2s1. The van der Waals surface area contributed by atoms with Gasteiger partial charge in [0.15, 0.2) is 5.13 Å². The Bertz CT molecular complexity index is 518. The first-order chi connectivity index (χ1) is 9.24. The molecular weight excluding hydrogens is 252 g/mol. The van der Waals surface area contributed by atoms with Gasteiger partial charge in [0.05, 0.1) is 10.2 Å². The first kappa shape index (κ1) is 14.3. The summed E-state index contributed by atoms with van der Waals surface area (Å²) in [6.45, 7) is 7.72. The zero-order chi connectivity index (χ0) is 13.7. The largest absolute Gasteiger partial charge is 0.361 e. The molecule has 0 saturated carbocycles. The number of hydrogen-bond acceptors (Lipinski definition) is 3. The quantitative estimate of drug-likeness (QED) is 0.748. The molecule has 1 aromatic heterocycles. The van der Waals surface area contributed by atoms with Crippen LogP contribution in [0.5, 0.6) is 0 Å². The number of fused-ring (bicyclic) bond motifs is 1. The summed E-state index contributed by atoms with van der Waals surface area (Å²) in [5.74, 6) is 0.771. The summed E-state index contributed by atoms with van der Waals surface area (Å²) in [7, 11) is 0. The third kappa shape index (κ3) is 3.69. The Morgan fingerprint density at radius 1 is 1.32 bits per heavy atom. The van der Waals surface area contributed by atoms with Gasteiger partial charge in [-0.25, -0.2) is 4.98 Å². The molecule has 19 heavy (non-hydrogen) atoms. The molecule has 0 amide bonds. The van der Waals surface area contributed by atoms with Crippen molar-refractivity contribution in [2.24, 2.45) is 5.92 Å². The van der Waals surface area contributed by atoms with Crippen molar-refractivity contribution >= 4 is 26.7 Å². The van der Waals surface area contributed by atoms with E-state index in [0.717, 1.165) is 23.1 Å². The third-order valence-electron chi connectivity index (χ3n) is 3.71. The molecule has 2 aromatic rings. The maximum absolute atomic E-state index is 4.71. The summed E-state index contributed by atoms with van der Waals surface area (Å²) in [5, 5.41) is 4.60. The first-order valence-corrected chi connectivity index (χ1v) is 8.16. The molecule has 0 fully saturated rings. The minimum Gasteiger partial charge on any atom is -0.361 e. The summed E-state index contributed by atoms with van der Waals surface area (Å²) >= 11 is 1.77. The van der Waals surface area contributed by atoms with Crippen molar-refractivity contribution in [1.29, 1.82) is 0 Å². The lowest BCUT2D eigenvalue weighted by molar-refractivity contribution is 0.473. The fraction of sp³-hybridized carbons (Fsp3) is 0.562. The van der Waals surface area contributed by atoms with Crippen LogP contribution in [0.4, 0.5) is 5.13 Å². The number of para-hydroxylation sites is 1. The minimum atomic E-state index is 0.771. The maximum atomic E-state index is 4.71. The van der Waals surface area contributed by atoms with Gasteiger partial charge in [0.2, 0.25) is 0 Å². The van der Waals surface area contributed by atoms with Crippen LogP contribution in [0.3, 0.4) is 0 Å². The van der Waals surface area contributed by atoms with E-state index in [4.69, 9.17) is 4.98 Å². The van der Waals surface area contributed by atoms with Crippen molar-refractivity contribution < 1.29 is 0 Å². The molecule has 1 heterocycles. The number of unbranched alkanes of at least 4 members (excludes halogenated alkanes) is 1. The second-order valence-electron chi connectivity index (χ2n) is 5.24. The molecular formula is C16H24N2S. The fourth-order valence-electron chi connectivity index (χ4n) is 2.34. The van der Waals surface area contributed by atoms with Crippen LogP contribution in [0, 0.1) is 12.8 Å². The molecule has 0 spiro atoms. The van der Waals surface area contributed by atoms with Crippen LogP contribution >= 0.6 is 11.3 Å². The number of nitrogens with zero attached hydrogens (tertiary/aromatic N) is 1. The van der Waals surface area contributed by atoms with Crippen LogP contribution in [-0.2, 0) is 0 Å². The topological polar surface area (TPSA) is 24.9 Å². The summed E-state index contributed by atoms with van der Waals surface area (Å²) in [6.07, 6.45) is 5.19. The maximum Gasteiger partial charge on any atom is 0.183 e. The lowest BCUT2D eigenvalue weighted by Crippen LogP contribution is -2.13. The summed E-state index contributed by atoms with van der Waals surface area (Å²) in [4.78, 5) is 4.71. The lowest BCUT2D eigenvalue weighted by Gasteiger charge is -2.14. The zero-order valence-electron chi connectivity index (χ0n) is 12.2. The number of aromatic nitrogens is 1. The number of hydrogen-bond donors (Lipinski definition) is 1. The van der Waals surface area contributed by atoms with Gasteiger partial charge in [0, 0.05) is 6.54 Å². The Morgan fingerprint density at radius 2 is 2.16 bits per heavy atom. The second kappa shape index (κ2) is 6.90. The molecule has 0 bridgehead atoms. The van der Waals surface area contributed by atoms with Crippen molar-refractivity contribution in [3.8, 4) is 0 Å². The first-order valence-electron chi connectivity index (χ1n) is 7.34. The Kier molecular flexibility index (Phi) is 5.20. The molecule has 0 saturated heterocycles. The van der Waals surface area contributed by atoms with E-state index in [9.17, 15) is 0 Å². The molecule has 104 valence electrons. The molecule has 1 N–H and O–H groups in total. The Labute approximate surface area is 120 Å². The highest BCUT2D eigenvalue weighted by atomic mass is 32.1. The highest BCUT2D eigenvalue weighted by Crippen LogP contribution is 2.28. The molecule has 1 atom stereocenters. The van der Waals surface area contributed by atoms with Gasteiger partial charge in [-0.2, -0.15) is 0 Å². The van der Waals surface area contributed by atoms with Crippen LogP contribution in [0.2, 0.25) is 0 Å². The van der Waals surface area contributed by atoms with Gasteiger partial charge in [-0.05, 0) is 30.9 Å². The van der Waals surface area contributed by atoms with Crippen molar-refractivity contribution in [3.05, 3.63) is 23.8 Å². The molecule has 0 aliphatic heterocycles. The average molecular weight is 276 g/mol. The van der Waals surface area contributed by atoms with E-state index < -0.39 is 0 Å². The third-order valence-corrected chi connectivity index (χ3v) is 4.68. The van der Waals surface area contributed by atoms with Crippen molar-refractivity contribution in [3.63, 3.8) is 0 Å². The fourth-order valence-corrected chi connectivity index (χ4v) is 3.29. The summed E-state index contributed by atoms with van der Waals surface area (Å²) in [5.41, 5.74) is 2.41. The minimum absolute atomic E-state index is 0.771. The molecule has 1 aromatic carbocycles. The monoisotopic (exact) mass is 276 g/mol. The van der Waals surface area contributed by atoms with E-state index in [-0.39, 0.29) is 0 Å². The van der Waals surface area contributed by atoms with Crippen LogP contribution in [0.25, 0.3) is 10.2 Å². The number of rotatable bonds is 7. The lowest BCUT2D eigenvalue weighted by atomic mass is 10.00. The predicted octanol–water partition coefficient (Wildman–Crippen LogP) is 5.23. The van der Waals surface area contributed by atoms with E-state index in [0.29, 0.717) is 0 Å². The molecule has 1 unspecified atom stereocenters. The van der Waals surface area contributed by atoms with Crippen LogP contribution < -0.4 is 5.32 Å². The number of anilines is 1. The van der Waals surface area contributed by atoms with Gasteiger partial charge >= 0.3 is 0 Å². The Balaban J connectivity index is 1.99. The van der Waals surface area contributed by atoms with Gasteiger partial charge in [0.1, 0.15) is 0 Å². The van der Waals surface area contributed by atoms with E-state index in [1.54, 1.807) is 11.3 Å². The number of nitrogens with one attached hydrogen (secondary N) is 1. The molecule has 0 aliphatic rings. The normalized spacial score (nSPS) is 12.8. The summed E-state index contributed by atoms with van der Waals surface area (Å²) < 4.78 is 1.28. The van der Waals surface area contributed by atoms with Crippen molar-refractivity contribution in [2.75, 3.05) is 11.9 Å². The highest BCUT2D eigenvalue weighted by molar-refractivity contribution is 7.22. The standard InChI is InChI=1S/C16H24N2S/c1-4-6-9-13(5-2)11-17-16-18-15-12(3)8-7-10-14(15)19-16/h7-8,10,13H,4-6,9,11H2,1-3H3,(H,17,18). The molecule has 3 heteroatoms. The van der Waals surface area contributed by atoms with Crippen LogP contribution in [0.1, 0.15) is 45.1 Å². The van der Waals surface area contributed by atoms with Gasteiger partial charge in [-0.1, -0.05) is 56.6 Å². The Hall–Kier alpha value is -1.09. The van der Waals surface area contributed by atoms with E-state index in [1.807, 2.05) is 0 Å². The van der Waals surface area contributed by atoms with Gasteiger partial charge in [-0.3, -0.25) is 0 Å². The average Bonchev–Trinajstić information content (AvgIpc) is 2.83. The van der Waals surface area contributed by atoms with E-state index >= 15 is 0 Å². The van der Waals surface area contributed by atoms with Crippen LogP contribution in [0.15, 0.2) is 18.2 Å². The zero-order valence-corrected chi connectivity index (χ0v) is 13.0. The van der Waals surface area contributed by atoms with Crippen molar-refractivity contribution in [2.45, 2.75) is 46.5 Å². The second-order valence-corrected chi connectivity index (χ2v) is 6.27. The van der Waals surface area contributed by atoms with Crippen LogP contribution in [-0.4, -0.2) is 11.5 Å². The smallest absolute Gasteiger partial charge is 0.183 e. The Morgan fingerprint density at radius 3 is 2.84 bits per heavy atom. The van der Waals surface area contributed by atoms with Gasteiger partial charge in [0.25, 0.3) is 0 Å². The predicted molar refractivity (Wildman–Crippen MR) is 86.2 cm³/mol. The molecule has 2 nitrogen and oxygen atoms in total. The molecule has 2 rings (SSSR count).